The highest BCUT2D eigenvalue weighted by molar-refractivity contribution is 7.15. The molecule has 1 aliphatic rings. The van der Waals surface area contributed by atoms with Gasteiger partial charge in [-0.2, -0.15) is 0 Å². The Bertz CT molecular complexity index is 903. The van der Waals surface area contributed by atoms with Crippen molar-refractivity contribution in [2.24, 2.45) is 0 Å². The Hall–Kier alpha value is -1.42. The number of halogens is 1. The van der Waals surface area contributed by atoms with Gasteiger partial charge in [-0.05, 0) is 17.2 Å². The minimum atomic E-state index is -0.483. The first kappa shape index (κ1) is 18.9. The van der Waals surface area contributed by atoms with Gasteiger partial charge >= 0.3 is 0 Å². The molecule has 3 aromatic rings. The summed E-state index contributed by atoms with van der Waals surface area (Å²) in [5, 5.41) is 32.1. The summed E-state index contributed by atoms with van der Waals surface area (Å²) >= 11 is 9.42. The van der Waals surface area contributed by atoms with Gasteiger partial charge in [-0.25, -0.2) is 4.98 Å². The van der Waals surface area contributed by atoms with Crippen molar-refractivity contribution in [3.05, 3.63) is 50.2 Å². The molecule has 1 fully saturated rings. The van der Waals surface area contributed by atoms with Crippen LogP contribution in [0.1, 0.15) is 35.1 Å². The highest BCUT2D eigenvalue weighted by Gasteiger charge is 2.29. The molecule has 6 nitrogen and oxygen atoms in total. The highest BCUT2D eigenvalue weighted by atomic mass is 35.5. The van der Waals surface area contributed by atoms with Crippen LogP contribution in [-0.2, 0) is 11.2 Å². The van der Waals surface area contributed by atoms with Crippen molar-refractivity contribution >= 4 is 34.3 Å². The van der Waals surface area contributed by atoms with E-state index >= 15 is 0 Å². The van der Waals surface area contributed by atoms with Crippen LogP contribution in [0.15, 0.2) is 29.1 Å². The first-order valence-corrected chi connectivity index (χ1v) is 10.7. The predicted octanol–water partition coefficient (Wildman–Crippen LogP) is 3.48. The molecule has 3 unspecified atom stereocenters. The Kier molecular flexibility index (Phi) is 5.82. The van der Waals surface area contributed by atoms with Crippen molar-refractivity contribution in [3.8, 4) is 10.7 Å². The number of aromatic nitrogens is 3. The molecular formula is C18H18ClN3O3S2. The van der Waals surface area contributed by atoms with Crippen LogP contribution in [0.4, 0.5) is 0 Å². The molecule has 0 bridgehead atoms. The second kappa shape index (κ2) is 8.30. The van der Waals surface area contributed by atoms with Gasteiger partial charge in [-0.3, -0.25) is 0 Å². The van der Waals surface area contributed by atoms with E-state index in [1.807, 2.05) is 23.6 Å². The van der Waals surface area contributed by atoms with Gasteiger partial charge < -0.3 is 14.9 Å². The number of nitrogens with zero attached hydrogens (tertiary/aromatic N) is 3. The van der Waals surface area contributed by atoms with Gasteiger partial charge in [-0.1, -0.05) is 35.1 Å². The van der Waals surface area contributed by atoms with Gasteiger partial charge in [0.1, 0.15) is 10.7 Å². The minimum absolute atomic E-state index is 0.0990. The molecule has 0 saturated carbocycles. The van der Waals surface area contributed by atoms with Gasteiger partial charge in [0.15, 0.2) is 5.01 Å². The third-order valence-electron chi connectivity index (χ3n) is 4.48. The van der Waals surface area contributed by atoms with Crippen LogP contribution in [-0.4, -0.2) is 44.2 Å². The average Bonchev–Trinajstić information content (AvgIpc) is 3.34. The molecule has 1 aromatic carbocycles. The van der Waals surface area contributed by atoms with Crippen LogP contribution in [0.5, 0.6) is 0 Å². The smallest absolute Gasteiger partial charge is 0.167 e. The first-order valence-electron chi connectivity index (χ1n) is 8.56. The summed E-state index contributed by atoms with van der Waals surface area (Å²) in [4.78, 5) is 4.26. The van der Waals surface area contributed by atoms with Crippen molar-refractivity contribution in [2.75, 3.05) is 6.61 Å². The van der Waals surface area contributed by atoms with E-state index in [1.165, 1.54) is 22.7 Å². The van der Waals surface area contributed by atoms with Crippen LogP contribution in [0.2, 0.25) is 5.02 Å². The normalized spacial score (nSPS) is 22.9. The summed E-state index contributed by atoms with van der Waals surface area (Å²) in [6, 6.07) is 5.74. The van der Waals surface area contributed by atoms with E-state index in [0.29, 0.717) is 24.3 Å². The van der Waals surface area contributed by atoms with E-state index < -0.39 is 6.10 Å². The van der Waals surface area contributed by atoms with E-state index in [9.17, 15) is 10.2 Å². The summed E-state index contributed by atoms with van der Waals surface area (Å²) in [6.45, 7) is -0.0990. The topological polar surface area (TPSA) is 88.4 Å². The largest absolute Gasteiger partial charge is 0.394 e. The monoisotopic (exact) mass is 423 g/mol. The van der Waals surface area contributed by atoms with E-state index in [4.69, 9.17) is 16.3 Å². The summed E-state index contributed by atoms with van der Waals surface area (Å²) in [7, 11) is 0. The number of aliphatic hydroxyl groups excluding tert-OH is 2. The van der Waals surface area contributed by atoms with Crippen LogP contribution < -0.4 is 0 Å². The van der Waals surface area contributed by atoms with E-state index in [2.05, 4.69) is 15.2 Å². The average molecular weight is 424 g/mol. The molecule has 2 N–H and O–H groups in total. The third-order valence-corrected chi connectivity index (χ3v) is 6.38. The van der Waals surface area contributed by atoms with Gasteiger partial charge in [0.25, 0.3) is 0 Å². The van der Waals surface area contributed by atoms with Gasteiger partial charge in [-0.15, -0.1) is 21.5 Å². The zero-order valence-corrected chi connectivity index (χ0v) is 16.7. The lowest BCUT2D eigenvalue weighted by molar-refractivity contribution is -0.113. The van der Waals surface area contributed by atoms with E-state index in [-0.39, 0.29) is 18.8 Å². The summed E-state index contributed by atoms with van der Waals surface area (Å²) in [5.41, 5.74) is 4.48. The lowest BCUT2D eigenvalue weighted by atomic mass is 9.95. The quantitative estimate of drug-likeness (QED) is 0.653. The van der Waals surface area contributed by atoms with E-state index in [1.54, 1.807) is 5.51 Å². The first-order chi connectivity index (χ1) is 13.1. The lowest BCUT2D eigenvalue weighted by Gasteiger charge is -2.32. The molecule has 142 valence electrons. The standard InChI is InChI=1S/C18H18ClN3O3S2/c19-14-2-1-10(16-6-12(24)5-13(7-23)25-16)3-11(14)4-17-21-22-18(27-17)15-8-26-9-20-15/h1-3,8-9,12-13,16,23-24H,4-7H2. The molecule has 2 aromatic heterocycles. The second-order valence-electron chi connectivity index (χ2n) is 6.46. The fraction of sp³-hybridized carbons (Fsp3) is 0.389. The fourth-order valence-corrected chi connectivity index (χ4v) is 4.79. The molecule has 1 saturated heterocycles. The number of hydrogen-bond acceptors (Lipinski definition) is 8. The molecule has 9 heteroatoms. The Morgan fingerprint density at radius 3 is 2.93 bits per heavy atom. The van der Waals surface area contributed by atoms with Crippen molar-refractivity contribution < 1.29 is 14.9 Å². The zero-order valence-electron chi connectivity index (χ0n) is 14.3. The number of hydrogen-bond donors (Lipinski definition) is 2. The molecule has 1 aliphatic heterocycles. The zero-order chi connectivity index (χ0) is 18.8. The predicted molar refractivity (Wildman–Crippen MR) is 105 cm³/mol. The van der Waals surface area contributed by atoms with E-state index in [0.717, 1.165) is 26.8 Å². The SMILES string of the molecule is OCC1CC(O)CC(c2ccc(Cl)c(Cc3nnc(-c4cscn4)s3)c2)O1. The van der Waals surface area contributed by atoms with Crippen LogP contribution >= 0.6 is 34.3 Å². The number of rotatable bonds is 5. The summed E-state index contributed by atoms with van der Waals surface area (Å²) in [5.74, 6) is 0. The van der Waals surface area contributed by atoms with Crippen LogP contribution in [0, 0.1) is 0 Å². The highest BCUT2D eigenvalue weighted by Crippen LogP contribution is 2.34. The molecule has 3 heterocycles. The maximum atomic E-state index is 10.1. The third kappa shape index (κ3) is 4.37. The number of ether oxygens (including phenoxy) is 1. The second-order valence-corrected chi connectivity index (χ2v) is 8.64. The van der Waals surface area contributed by atoms with Crippen LogP contribution in [0.3, 0.4) is 0 Å². The van der Waals surface area contributed by atoms with Gasteiger partial charge in [0.2, 0.25) is 0 Å². The maximum absolute atomic E-state index is 10.1. The molecule has 4 rings (SSSR count). The lowest BCUT2D eigenvalue weighted by Crippen LogP contribution is -2.33. The Morgan fingerprint density at radius 2 is 2.15 bits per heavy atom. The molecular weight excluding hydrogens is 406 g/mol. The Labute approximate surface area is 169 Å². The summed E-state index contributed by atoms with van der Waals surface area (Å²) in [6.07, 6.45) is 0.433. The summed E-state index contributed by atoms with van der Waals surface area (Å²) < 4.78 is 5.90. The molecule has 0 radical (unpaired) electrons. The maximum Gasteiger partial charge on any atom is 0.167 e. The fourth-order valence-electron chi connectivity index (χ4n) is 3.16. The molecule has 0 amide bonds. The van der Waals surface area contributed by atoms with Gasteiger partial charge in [0, 0.05) is 29.7 Å². The van der Waals surface area contributed by atoms with Crippen LogP contribution in [0.25, 0.3) is 10.7 Å². The van der Waals surface area contributed by atoms with Crippen molar-refractivity contribution in [1.29, 1.82) is 0 Å². The number of aliphatic hydroxyl groups is 2. The van der Waals surface area contributed by atoms with Crippen molar-refractivity contribution in [1.82, 2.24) is 15.2 Å². The molecule has 27 heavy (non-hydrogen) atoms. The number of thiazole rings is 1. The van der Waals surface area contributed by atoms with Crippen molar-refractivity contribution in [2.45, 2.75) is 37.6 Å². The Balaban J connectivity index is 1.54. The molecule has 3 atom stereocenters. The minimum Gasteiger partial charge on any atom is -0.394 e. The molecule has 0 spiro atoms. The number of benzene rings is 1. The Morgan fingerprint density at radius 1 is 1.26 bits per heavy atom. The van der Waals surface area contributed by atoms with Crippen molar-refractivity contribution in [3.63, 3.8) is 0 Å². The molecule has 0 aliphatic carbocycles. The van der Waals surface area contributed by atoms with Gasteiger partial charge in [0.05, 0.1) is 30.4 Å².